The molecule has 1 atom stereocenters. The van der Waals surface area contributed by atoms with Gasteiger partial charge in [-0.1, -0.05) is 49.8 Å². The van der Waals surface area contributed by atoms with Gasteiger partial charge in [0.2, 0.25) is 0 Å². The number of aromatic nitrogens is 4. The van der Waals surface area contributed by atoms with E-state index in [-0.39, 0.29) is 5.82 Å². The molecule has 0 fully saturated rings. The van der Waals surface area contributed by atoms with Crippen molar-refractivity contribution in [3.05, 3.63) is 76.4 Å². The molecule has 2 aromatic carbocycles. The molecule has 9 heteroatoms. The van der Waals surface area contributed by atoms with Gasteiger partial charge in [-0.3, -0.25) is 0 Å². The predicted octanol–water partition coefficient (Wildman–Crippen LogP) is 5.87. The molecule has 0 aliphatic rings. The van der Waals surface area contributed by atoms with Crippen molar-refractivity contribution in [1.29, 1.82) is 0 Å². The molecule has 0 aliphatic carbocycles. The van der Waals surface area contributed by atoms with Gasteiger partial charge in [0, 0.05) is 23.4 Å². The summed E-state index contributed by atoms with van der Waals surface area (Å²) in [7, 11) is 1.46. The number of fused-ring (bicyclic) bond motifs is 2. The summed E-state index contributed by atoms with van der Waals surface area (Å²) in [4.78, 5) is 21.6. The second-order valence-electron chi connectivity index (χ2n) is 9.24. The summed E-state index contributed by atoms with van der Waals surface area (Å²) < 4.78 is 27.2. The third-order valence-corrected chi connectivity index (χ3v) is 6.63. The van der Waals surface area contributed by atoms with Gasteiger partial charge in [-0.15, -0.1) is 0 Å². The largest absolute Gasteiger partial charge is 0.497 e. The Kier molecular flexibility index (Phi) is 7.28. The van der Waals surface area contributed by atoms with Crippen LogP contribution in [0.1, 0.15) is 56.9 Å². The van der Waals surface area contributed by atoms with Crippen LogP contribution in [0.15, 0.2) is 58.0 Å². The highest BCUT2D eigenvalue weighted by Crippen LogP contribution is 2.36. The lowest BCUT2D eigenvalue weighted by Gasteiger charge is -2.15. The second-order valence-corrected chi connectivity index (χ2v) is 9.24. The molecule has 0 radical (unpaired) electrons. The smallest absolute Gasteiger partial charge is 0.343 e. The Morgan fingerprint density at radius 2 is 1.95 bits per heavy atom. The molecule has 0 spiro atoms. The lowest BCUT2D eigenvalue weighted by atomic mass is 10.0. The fourth-order valence-electron chi connectivity index (χ4n) is 4.65. The Labute approximate surface area is 224 Å². The molecule has 1 unspecified atom stereocenters. The number of nitrogen functional groups attached to an aromatic ring is 1. The summed E-state index contributed by atoms with van der Waals surface area (Å²) in [5.41, 5.74) is 7.65. The average Bonchev–Trinajstić information content (AvgIpc) is 3.34. The van der Waals surface area contributed by atoms with Crippen LogP contribution in [-0.2, 0) is 0 Å². The summed E-state index contributed by atoms with van der Waals surface area (Å²) in [5, 5.41) is 6.40. The first-order valence-corrected chi connectivity index (χ1v) is 12.8. The number of anilines is 1. The molecule has 3 heterocycles. The topological polar surface area (TPSA) is 109 Å². The molecule has 3 aromatic heterocycles. The van der Waals surface area contributed by atoms with E-state index in [0.29, 0.717) is 50.1 Å². The van der Waals surface area contributed by atoms with Crippen LogP contribution in [0.4, 0.5) is 10.2 Å². The van der Waals surface area contributed by atoms with Gasteiger partial charge < -0.3 is 14.9 Å². The molecule has 5 aromatic rings. The molecule has 39 heavy (non-hydrogen) atoms. The molecule has 2 N–H and O–H groups in total. The van der Waals surface area contributed by atoms with Crippen LogP contribution in [0.5, 0.6) is 5.75 Å². The number of nitrogens with two attached hydrogens (primary N) is 1. The van der Waals surface area contributed by atoms with Gasteiger partial charge >= 0.3 is 5.63 Å². The number of halogens is 1. The van der Waals surface area contributed by atoms with E-state index in [1.165, 1.54) is 25.6 Å². The number of hydrogen-bond acceptors (Lipinski definition) is 7. The number of hydrogen-bond donors (Lipinski definition) is 1. The monoisotopic (exact) mass is 525 g/mol. The summed E-state index contributed by atoms with van der Waals surface area (Å²) in [5.74, 6) is 6.90. The van der Waals surface area contributed by atoms with Crippen LogP contribution >= 0.6 is 0 Å². The fraction of sp³-hybridized carbons (Fsp3) is 0.267. The minimum Gasteiger partial charge on any atom is -0.497 e. The van der Waals surface area contributed by atoms with Gasteiger partial charge in [0.05, 0.1) is 23.4 Å². The minimum atomic E-state index is -0.608. The van der Waals surface area contributed by atoms with Gasteiger partial charge in [-0.05, 0) is 31.5 Å². The summed E-state index contributed by atoms with van der Waals surface area (Å²) in [6.07, 6.45) is 5.25. The summed E-state index contributed by atoms with van der Waals surface area (Å²) in [6.45, 7) is 3.99. The molecule has 0 saturated carbocycles. The summed E-state index contributed by atoms with van der Waals surface area (Å²) in [6, 6.07) is 10.9. The van der Waals surface area contributed by atoms with Crippen LogP contribution in [0.3, 0.4) is 0 Å². The Morgan fingerprint density at radius 1 is 1.15 bits per heavy atom. The number of benzene rings is 2. The van der Waals surface area contributed by atoms with Crippen molar-refractivity contribution in [3.63, 3.8) is 0 Å². The van der Waals surface area contributed by atoms with Crippen molar-refractivity contribution in [2.24, 2.45) is 0 Å². The number of methoxy groups -OCH3 is 1. The van der Waals surface area contributed by atoms with Crippen molar-refractivity contribution < 1.29 is 13.5 Å². The maximum atomic E-state index is 14.4. The zero-order valence-corrected chi connectivity index (χ0v) is 22.0. The van der Waals surface area contributed by atoms with E-state index in [1.54, 1.807) is 22.9 Å². The average molecular weight is 526 g/mol. The van der Waals surface area contributed by atoms with E-state index in [2.05, 4.69) is 28.7 Å². The van der Waals surface area contributed by atoms with Gasteiger partial charge in [0.1, 0.15) is 41.2 Å². The molecular weight excluding hydrogens is 497 g/mol. The van der Waals surface area contributed by atoms with E-state index in [9.17, 15) is 9.18 Å². The number of ether oxygens (including phenoxy) is 1. The first-order valence-electron chi connectivity index (χ1n) is 12.8. The van der Waals surface area contributed by atoms with E-state index < -0.39 is 17.5 Å². The van der Waals surface area contributed by atoms with Crippen LogP contribution in [0.25, 0.3) is 33.1 Å². The van der Waals surface area contributed by atoms with E-state index in [1.807, 2.05) is 19.1 Å². The van der Waals surface area contributed by atoms with Crippen LogP contribution in [0, 0.1) is 17.7 Å². The van der Waals surface area contributed by atoms with E-state index in [4.69, 9.17) is 20.0 Å². The van der Waals surface area contributed by atoms with Crippen molar-refractivity contribution >= 4 is 27.6 Å². The standard InChI is InChI=1S/C30H28FN5O3/c1-4-5-6-7-8-12-23-22-11-9-10-13-24(22)30(37)39-27(23)18(2)36-29-25(28(32)33-17-34-29)26(35-36)19-14-20(31)16-21(15-19)38-3/h9-11,13-18H,4-7H2,1-3H3,(H2,32,33,34). The number of unbranched alkanes of at least 4 members (excludes halogenated alkanes) is 3. The normalized spacial score (nSPS) is 11.9. The summed E-state index contributed by atoms with van der Waals surface area (Å²) >= 11 is 0. The predicted molar refractivity (Wildman–Crippen MR) is 149 cm³/mol. The SMILES string of the molecule is CCCCCC#Cc1c(C(C)n2nc(-c3cc(F)cc(OC)c3)c3c(N)ncnc32)oc(=O)c2ccccc12. The molecule has 8 nitrogen and oxygen atoms in total. The van der Waals surface area contributed by atoms with Crippen molar-refractivity contribution in [2.75, 3.05) is 12.8 Å². The Balaban J connectivity index is 1.72. The van der Waals surface area contributed by atoms with E-state index >= 15 is 0 Å². The zero-order valence-electron chi connectivity index (χ0n) is 22.0. The third-order valence-electron chi connectivity index (χ3n) is 6.63. The lowest BCUT2D eigenvalue weighted by molar-refractivity contribution is 0.401. The van der Waals surface area contributed by atoms with Gasteiger partial charge in [0.15, 0.2) is 5.65 Å². The fourth-order valence-corrected chi connectivity index (χ4v) is 4.65. The lowest BCUT2D eigenvalue weighted by Crippen LogP contribution is -2.15. The first-order chi connectivity index (χ1) is 18.9. The molecule has 198 valence electrons. The molecule has 0 saturated heterocycles. The van der Waals surface area contributed by atoms with Crippen LogP contribution < -0.4 is 16.1 Å². The van der Waals surface area contributed by atoms with Gasteiger partial charge in [-0.2, -0.15) is 5.10 Å². The Hall–Kier alpha value is -4.71. The minimum absolute atomic E-state index is 0.188. The third kappa shape index (κ3) is 4.93. The second kappa shape index (κ2) is 11.0. The van der Waals surface area contributed by atoms with Gasteiger partial charge in [-0.25, -0.2) is 23.8 Å². The molecule has 0 bridgehead atoms. The maximum absolute atomic E-state index is 14.4. The van der Waals surface area contributed by atoms with Gasteiger partial charge in [0.25, 0.3) is 0 Å². The zero-order chi connectivity index (χ0) is 27.5. The maximum Gasteiger partial charge on any atom is 0.343 e. The highest BCUT2D eigenvalue weighted by Gasteiger charge is 2.26. The van der Waals surface area contributed by atoms with Crippen molar-refractivity contribution in [1.82, 2.24) is 19.7 Å². The Bertz CT molecular complexity index is 1800. The highest BCUT2D eigenvalue weighted by atomic mass is 19.1. The first kappa shape index (κ1) is 25.9. The number of rotatable bonds is 7. The molecular formula is C30H28FN5O3. The quantitative estimate of drug-likeness (QED) is 0.209. The highest BCUT2D eigenvalue weighted by molar-refractivity contribution is 5.98. The van der Waals surface area contributed by atoms with E-state index in [0.717, 1.165) is 25.7 Å². The van der Waals surface area contributed by atoms with Crippen LogP contribution in [-0.4, -0.2) is 26.9 Å². The molecule has 5 rings (SSSR count). The number of nitrogens with zero attached hydrogens (tertiary/aromatic N) is 4. The van der Waals surface area contributed by atoms with Crippen molar-refractivity contribution in [3.8, 4) is 28.8 Å². The van der Waals surface area contributed by atoms with Crippen LogP contribution in [0.2, 0.25) is 0 Å². The molecule has 0 aliphatic heterocycles. The molecule has 0 amide bonds. The Morgan fingerprint density at radius 3 is 2.72 bits per heavy atom. The van der Waals surface area contributed by atoms with Crippen molar-refractivity contribution in [2.45, 2.75) is 45.6 Å².